The Bertz CT molecular complexity index is 1510. The number of aromatic amines is 1. The highest BCUT2D eigenvalue weighted by Gasteiger charge is 2.24. The molecule has 172 valence electrons. The largest absolute Gasteiger partial charge is 0.361 e. The van der Waals surface area contributed by atoms with Crippen molar-refractivity contribution >= 4 is 45.6 Å². The van der Waals surface area contributed by atoms with Crippen LogP contribution in [-0.4, -0.2) is 48.6 Å². The number of imidazole rings is 2. The number of nitrogens with zero attached hydrogens (tertiary/aromatic N) is 6. The Hall–Kier alpha value is -3.76. The third-order valence-electron chi connectivity index (χ3n) is 5.90. The van der Waals surface area contributed by atoms with E-state index in [0.717, 1.165) is 29.8 Å². The molecule has 0 amide bonds. The van der Waals surface area contributed by atoms with Crippen molar-refractivity contribution in [2.24, 2.45) is 5.73 Å². The summed E-state index contributed by atoms with van der Waals surface area (Å²) in [6.07, 6.45) is 2.50. The van der Waals surface area contributed by atoms with E-state index in [2.05, 4.69) is 25.2 Å². The summed E-state index contributed by atoms with van der Waals surface area (Å²) in [5.41, 5.74) is 9.60. The van der Waals surface area contributed by atoms with Crippen molar-refractivity contribution in [2.45, 2.75) is 19.0 Å². The maximum Gasteiger partial charge on any atom is 0.229 e. The molecule has 5 aromatic rings. The number of fused-ring (bicyclic) bond motifs is 2. The molecule has 1 unspecified atom stereocenters. The summed E-state index contributed by atoms with van der Waals surface area (Å²) < 4.78 is 15.7. The quantitative estimate of drug-likeness (QED) is 0.354. The lowest BCUT2D eigenvalue weighted by molar-refractivity contribution is 0.626. The van der Waals surface area contributed by atoms with E-state index in [1.807, 2.05) is 24.3 Å². The number of nitrogens with two attached hydrogens (primary N) is 1. The Kier molecular flexibility index (Phi) is 5.04. The summed E-state index contributed by atoms with van der Waals surface area (Å²) in [5.74, 6) is 1.52. The first-order valence-electron chi connectivity index (χ1n) is 10.9. The molecule has 2 aromatic carbocycles. The van der Waals surface area contributed by atoms with Gasteiger partial charge >= 0.3 is 0 Å². The van der Waals surface area contributed by atoms with E-state index in [0.29, 0.717) is 46.7 Å². The molecule has 1 fully saturated rings. The summed E-state index contributed by atoms with van der Waals surface area (Å²) in [6.45, 7) is 1.83. The molecule has 11 heteroatoms. The van der Waals surface area contributed by atoms with E-state index in [4.69, 9.17) is 27.3 Å². The Balaban J connectivity index is 1.40. The molecule has 1 aliphatic heterocycles. The van der Waals surface area contributed by atoms with E-state index >= 15 is 0 Å². The SMILES string of the molecule is NC1CCN(c2nc(NCc3nc4cc(Cl)ccc4[nH]3)c3ncn(-c4cccc(F)c4)c3n2)C1. The average molecular weight is 478 g/mol. The van der Waals surface area contributed by atoms with Crippen molar-refractivity contribution in [1.29, 1.82) is 0 Å². The van der Waals surface area contributed by atoms with E-state index < -0.39 is 0 Å². The number of aromatic nitrogens is 6. The number of benzene rings is 2. The van der Waals surface area contributed by atoms with Crippen molar-refractivity contribution in [3.05, 3.63) is 65.5 Å². The van der Waals surface area contributed by atoms with Crippen LogP contribution in [0.15, 0.2) is 48.8 Å². The van der Waals surface area contributed by atoms with Gasteiger partial charge in [0.05, 0.1) is 23.3 Å². The fourth-order valence-corrected chi connectivity index (χ4v) is 4.39. The second-order valence-corrected chi connectivity index (χ2v) is 8.77. The summed E-state index contributed by atoms with van der Waals surface area (Å²) in [7, 11) is 0. The number of rotatable bonds is 5. The molecule has 34 heavy (non-hydrogen) atoms. The second-order valence-electron chi connectivity index (χ2n) is 8.33. The van der Waals surface area contributed by atoms with Crippen LogP contribution in [0.2, 0.25) is 5.02 Å². The molecule has 1 atom stereocenters. The zero-order chi connectivity index (χ0) is 23.2. The third-order valence-corrected chi connectivity index (χ3v) is 6.13. The van der Waals surface area contributed by atoms with Crippen LogP contribution in [0, 0.1) is 5.82 Å². The number of hydrogen-bond acceptors (Lipinski definition) is 7. The van der Waals surface area contributed by atoms with Gasteiger partial charge in [0.15, 0.2) is 17.0 Å². The minimum atomic E-state index is -0.331. The maximum atomic E-state index is 13.9. The lowest BCUT2D eigenvalue weighted by atomic mass is 10.3. The van der Waals surface area contributed by atoms with Gasteiger partial charge in [-0.25, -0.2) is 14.4 Å². The van der Waals surface area contributed by atoms with Crippen molar-refractivity contribution in [3.63, 3.8) is 0 Å². The van der Waals surface area contributed by atoms with Crippen LogP contribution >= 0.6 is 11.6 Å². The summed E-state index contributed by atoms with van der Waals surface area (Å²) in [5, 5.41) is 3.98. The van der Waals surface area contributed by atoms with Gasteiger partial charge < -0.3 is 20.9 Å². The Morgan fingerprint density at radius 2 is 2.09 bits per heavy atom. The summed E-state index contributed by atoms with van der Waals surface area (Å²) in [4.78, 5) is 24.0. The Morgan fingerprint density at radius 1 is 1.18 bits per heavy atom. The van der Waals surface area contributed by atoms with Crippen LogP contribution < -0.4 is 16.0 Å². The first kappa shape index (κ1) is 20.8. The van der Waals surface area contributed by atoms with Gasteiger partial charge in [-0.1, -0.05) is 17.7 Å². The predicted octanol–water partition coefficient (Wildman–Crippen LogP) is 3.63. The fraction of sp³-hybridized carbons (Fsp3) is 0.217. The molecule has 0 saturated carbocycles. The zero-order valence-corrected chi connectivity index (χ0v) is 18.8. The van der Waals surface area contributed by atoms with Crippen molar-refractivity contribution in [1.82, 2.24) is 29.5 Å². The smallest absolute Gasteiger partial charge is 0.229 e. The van der Waals surface area contributed by atoms with Crippen LogP contribution in [0.4, 0.5) is 16.2 Å². The summed E-state index contributed by atoms with van der Waals surface area (Å²) in [6, 6.07) is 11.9. The molecular formula is C23H21ClFN9. The number of hydrogen-bond donors (Lipinski definition) is 3. The molecule has 3 aromatic heterocycles. The van der Waals surface area contributed by atoms with Gasteiger partial charge in [0.25, 0.3) is 0 Å². The van der Waals surface area contributed by atoms with Crippen LogP contribution in [0.3, 0.4) is 0 Å². The standard InChI is InChI=1S/C23H21ClFN9/c24-13-4-5-17-18(8-13)30-19(29-17)10-27-21-20-22(32-23(31-21)33-7-6-15(26)11-33)34(12-28-20)16-3-1-2-14(25)9-16/h1-5,8-9,12,15H,6-7,10-11,26H2,(H,29,30)(H,27,31,32). The van der Waals surface area contributed by atoms with Crippen molar-refractivity contribution in [2.75, 3.05) is 23.3 Å². The Labute approximate surface area is 198 Å². The monoisotopic (exact) mass is 477 g/mol. The molecule has 1 aliphatic rings. The normalized spacial score (nSPS) is 16.1. The highest BCUT2D eigenvalue weighted by atomic mass is 35.5. The molecule has 0 aliphatic carbocycles. The van der Waals surface area contributed by atoms with E-state index in [-0.39, 0.29) is 11.9 Å². The molecule has 0 radical (unpaired) electrons. The van der Waals surface area contributed by atoms with Crippen molar-refractivity contribution in [3.8, 4) is 5.69 Å². The van der Waals surface area contributed by atoms with Gasteiger partial charge in [-0.05, 0) is 42.8 Å². The van der Waals surface area contributed by atoms with Gasteiger partial charge in [0.2, 0.25) is 5.95 Å². The molecule has 4 N–H and O–H groups in total. The maximum absolute atomic E-state index is 13.9. The number of nitrogens with one attached hydrogen (secondary N) is 2. The van der Waals surface area contributed by atoms with Crippen LogP contribution in [0.1, 0.15) is 12.2 Å². The van der Waals surface area contributed by atoms with E-state index in [1.54, 1.807) is 17.0 Å². The minimum absolute atomic E-state index is 0.0752. The molecule has 0 spiro atoms. The molecule has 4 heterocycles. The lowest BCUT2D eigenvalue weighted by Crippen LogP contribution is -2.27. The van der Waals surface area contributed by atoms with Crippen LogP contribution in [-0.2, 0) is 6.54 Å². The van der Waals surface area contributed by atoms with Gasteiger partial charge in [-0.3, -0.25) is 4.57 Å². The number of anilines is 2. The van der Waals surface area contributed by atoms with Gasteiger partial charge in [-0.15, -0.1) is 0 Å². The number of H-pyrrole nitrogens is 1. The third kappa shape index (κ3) is 3.80. The second kappa shape index (κ2) is 8.23. The van der Waals surface area contributed by atoms with Gasteiger partial charge in [0.1, 0.15) is 18.0 Å². The molecular weight excluding hydrogens is 457 g/mol. The van der Waals surface area contributed by atoms with E-state index in [1.165, 1.54) is 12.1 Å². The average Bonchev–Trinajstić information content (AvgIpc) is 3.54. The highest BCUT2D eigenvalue weighted by molar-refractivity contribution is 6.31. The topological polar surface area (TPSA) is 114 Å². The molecule has 9 nitrogen and oxygen atoms in total. The fourth-order valence-electron chi connectivity index (χ4n) is 4.22. The molecule has 0 bridgehead atoms. The Morgan fingerprint density at radius 3 is 2.91 bits per heavy atom. The zero-order valence-electron chi connectivity index (χ0n) is 18.0. The van der Waals surface area contributed by atoms with E-state index in [9.17, 15) is 4.39 Å². The molecule has 6 rings (SSSR count). The van der Waals surface area contributed by atoms with Crippen LogP contribution in [0.5, 0.6) is 0 Å². The molecule has 1 saturated heterocycles. The van der Waals surface area contributed by atoms with Gasteiger partial charge in [-0.2, -0.15) is 9.97 Å². The first-order chi connectivity index (χ1) is 16.5. The number of halogens is 2. The summed E-state index contributed by atoms with van der Waals surface area (Å²) >= 11 is 6.08. The predicted molar refractivity (Wildman–Crippen MR) is 130 cm³/mol. The van der Waals surface area contributed by atoms with Crippen LogP contribution in [0.25, 0.3) is 27.9 Å². The van der Waals surface area contributed by atoms with Crippen molar-refractivity contribution < 1.29 is 4.39 Å². The lowest BCUT2D eigenvalue weighted by Gasteiger charge is -2.17. The highest BCUT2D eigenvalue weighted by Crippen LogP contribution is 2.27. The minimum Gasteiger partial charge on any atom is -0.361 e. The van der Waals surface area contributed by atoms with Gasteiger partial charge in [0, 0.05) is 24.2 Å². The first-order valence-corrected chi connectivity index (χ1v) is 11.3.